The molecule has 0 aliphatic rings. The van der Waals surface area contributed by atoms with E-state index in [-0.39, 0.29) is 31.9 Å². The summed E-state index contributed by atoms with van der Waals surface area (Å²) in [6.07, 6.45) is 8.79. The predicted molar refractivity (Wildman–Crippen MR) is 53.8 cm³/mol. The minimum atomic E-state index is 0. The fourth-order valence-electron chi connectivity index (χ4n) is 1.08. The lowest BCUT2D eigenvalue weighted by atomic mass is 10.4. The van der Waals surface area contributed by atoms with Gasteiger partial charge in [0.25, 0.3) is 0 Å². The molecule has 0 aliphatic heterocycles. The lowest BCUT2D eigenvalue weighted by Gasteiger charge is -2.02. The summed E-state index contributed by atoms with van der Waals surface area (Å²) in [5, 5.41) is 0. The van der Waals surface area contributed by atoms with Gasteiger partial charge in [-0.25, -0.2) is 0 Å². The molecule has 0 N–H and O–H groups in total. The highest BCUT2D eigenvalue weighted by atomic mass is 127. The van der Waals surface area contributed by atoms with Crippen LogP contribution in [0.15, 0.2) is 0 Å². The maximum absolute atomic E-state index is 2.48. The van der Waals surface area contributed by atoms with Crippen molar-refractivity contribution < 1.29 is 24.0 Å². The minimum Gasteiger partial charge on any atom is -1.00 e. The molecule has 0 aromatic carbocycles. The highest BCUT2D eigenvalue weighted by Gasteiger charge is 2.05. The van der Waals surface area contributed by atoms with E-state index in [4.69, 9.17) is 0 Å². The molecule has 0 unspecified atom stereocenters. The third kappa shape index (κ3) is 11.2. The lowest BCUT2D eigenvalue weighted by molar-refractivity contribution is -0.00000238. The Labute approximate surface area is 90.3 Å². The summed E-state index contributed by atoms with van der Waals surface area (Å²) in [6, 6.07) is 0. The number of rotatable bonds is 6. The van der Waals surface area contributed by atoms with Crippen LogP contribution in [0.2, 0.25) is 0 Å². The van der Waals surface area contributed by atoms with Gasteiger partial charge in [0.1, 0.15) is 0 Å². The predicted octanol–water partition coefficient (Wildman–Crippen LogP) is 0.435. The van der Waals surface area contributed by atoms with Crippen molar-refractivity contribution in [2.45, 2.75) is 39.5 Å². The SMILES string of the molecule is CCCC[PH+](C)CCCC.[I-]. The van der Waals surface area contributed by atoms with Crippen molar-refractivity contribution in [1.29, 1.82) is 0 Å². The maximum atomic E-state index is 2.48. The first-order valence-electron chi connectivity index (χ1n) is 4.62. The molecule has 0 heterocycles. The zero-order chi connectivity index (χ0) is 7.82. The van der Waals surface area contributed by atoms with Crippen LogP contribution in [0, 0.1) is 0 Å². The summed E-state index contributed by atoms with van der Waals surface area (Å²) >= 11 is 0. The normalized spacial score (nSPS) is 9.82. The largest absolute Gasteiger partial charge is 1.00 e. The van der Waals surface area contributed by atoms with E-state index in [1.165, 1.54) is 25.7 Å². The fourth-order valence-corrected chi connectivity index (χ4v) is 3.25. The van der Waals surface area contributed by atoms with E-state index in [1.54, 1.807) is 12.3 Å². The summed E-state index contributed by atoms with van der Waals surface area (Å²) in [6.45, 7) is 7.06. The molecule has 0 rings (SSSR count). The van der Waals surface area contributed by atoms with Crippen LogP contribution in [0.3, 0.4) is 0 Å². The van der Waals surface area contributed by atoms with Crippen molar-refractivity contribution in [3.63, 3.8) is 0 Å². The van der Waals surface area contributed by atoms with E-state index < -0.39 is 0 Å². The van der Waals surface area contributed by atoms with E-state index in [9.17, 15) is 0 Å². The van der Waals surface area contributed by atoms with E-state index in [0.717, 1.165) is 0 Å². The summed E-state index contributed by atoms with van der Waals surface area (Å²) in [4.78, 5) is 0. The topological polar surface area (TPSA) is 0 Å². The Hall–Kier alpha value is 1.16. The average molecular weight is 288 g/mol. The Morgan fingerprint density at radius 2 is 1.27 bits per heavy atom. The molecule has 0 aromatic rings. The van der Waals surface area contributed by atoms with Crippen molar-refractivity contribution in [3.05, 3.63) is 0 Å². The van der Waals surface area contributed by atoms with Crippen LogP contribution >= 0.6 is 7.92 Å². The minimum absolute atomic E-state index is 0. The molecule has 0 nitrogen and oxygen atoms in total. The molecule has 0 saturated heterocycles. The van der Waals surface area contributed by atoms with Gasteiger partial charge < -0.3 is 24.0 Å². The molecule has 0 bridgehead atoms. The molecule has 2 heteroatoms. The monoisotopic (exact) mass is 288 g/mol. The van der Waals surface area contributed by atoms with Gasteiger partial charge in [0, 0.05) is 6.66 Å². The van der Waals surface area contributed by atoms with Gasteiger partial charge in [0.15, 0.2) is 0 Å². The van der Waals surface area contributed by atoms with Crippen molar-refractivity contribution in [2.75, 3.05) is 19.0 Å². The van der Waals surface area contributed by atoms with Gasteiger partial charge in [-0.15, -0.1) is 0 Å². The summed E-state index contributed by atoms with van der Waals surface area (Å²) < 4.78 is 0. The van der Waals surface area contributed by atoms with Crippen LogP contribution < -0.4 is 24.0 Å². The van der Waals surface area contributed by atoms with Crippen molar-refractivity contribution >= 4 is 7.92 Å². The van der Waals surface area contributed by atoms with Gasteiger partial charge in [-0.2, -0.15) is 0 Å². The fraction of sp³-hybridized carbons (Fsp3) is 1.00. The van der Waals surface area contributed by atoms with Crippen LogP contribution in [-0.4, -0.2) is 19.0 Å². The summed E-state index contributed by atoms with van der Waals surface area (Å²) in [5.41, 5.74) is 0. The zero-order valence-electron chi connectivity index (χ0n) is 8.12. The van der Waals surface area contributed by atoms with Gasteiger partial charge >= 0.3 is 0 Å². The van der Waals surface area contributed by atoms with Crippen molar-refractivity contribution in [2.24, 2.45) is 0 Å². The molecular formula is C9H22IP. The van der Waals surface area contributed by atoms with E-state index in [1.807, 2.05) is 0 Å². The summed E-state index contributed by atoms with van der Waals surface area (Å²) in [7, 11) is 0.0851. The molecule has 11 heavy (non-hydrogen) atoms. The van der Waals surface area contributed by atoms with Gasteiger partial charge in [0.2, 0.25) is 0 Å². The van der Waals surface area contributed by atoms with Gasteiger partial charge in [-0.05, 0) is 20.8 Å². The molecule has 0 aliphatic carbocycles. The van der Waals surface area contributed by atoms with Crippen molar-refractivity contribution in [3.8, 4) is 0 Å². The average Bonchev–Trinajstić information content (AvgIpc) is 1.97. The first-order chi connectivity index (χ1) is 4.81. The molecule has 0 aromatic heterocycles. The molecule has 0 spiro atoms. The Morgan fingerprint density at radius 1 is 0.909 bits per heavy atom. The molecule has 0 fully saturated rings. The molecule has 0 saturated carbocycles. The quantitative estimate of drug-likeness (QED) is 0.491. The Morgan fingerprint density at radius 3 is 1.55 bits per heavy atom. The highest BCUT2D eigenvalue weighted by Crippen LogP contribution is 2.32. The number of halogens is 1. The first kappa shape index (κ1) is 14.7. The van der Waals surface area contributed by atoms with Crippen LogP contribution in [-0.2, 0) is 0 Å². The summed E-state index contributed by atoms with van der Waals surface area (Å²) in [5.74, 6) is 0. The molecule has 0 radical (unpaired) electrons. The van der Waals surface area contributed by atoms with Crippen LogP contribution in [0.1, 0.15) is 39.5 Å². The van der Waals surface area contributed by atoms with Gasteiger partial charge in [-0.3, -0.25) is 0 Å². The van der Waals surface area contributed by atoms with Gasteiger partial charge in [0.05, 0.1) is 12.3 Å². The standard InChI is InChI=1S/C9H21P.HI/c1-4-6-8-10(3)9-7-5-2;/h4-9H2,1-3H3;1H. The van der Waals surface area contributed by atoms with E-state index in [2.05, 4.69) is 20.5 Å². The Kier molecular flexibility index (Phi) is 14.9. The Bertz CT molecular complexity index is 58.6. The Balaban J connectivity index is 0. The van der Waals surface area contributed by atoms with Crippen LogP contribution in [0.25, 0.3) is 0 Å². The molecule has 0 amide bonds. The van der Waals surface area contributed by atoms with E-state index in [0.29, 0.717) is 0 Å². The third-order valence-corrected chi connectivity index (χ3v) is 4.33. The van der Waals surface area contributed by atoms with Gasteiger partial charge in [-0.1, -0.05) is 26.7 Å². The number of unbranched alkanes of at least 4 members (excludes halogenated alkanes) is 2. The van der Waals surface area contributed by atoms with Crippen molar-refractivity contribution in [1.82, 2.24) is 0 Å². The second kappa shape index (κ2) is 11.2. The highest BCUT2D eigenvalue weighted by molar-refractivity contribution is 7.56. The first-order valence-corrected chi connectivity index (χ1v) is 7.04. The number of hydrogen-bond donors (Lipinski definition) is 0. The maximum Gasteiger partial charge on any atom is 0.0569 e. The van der Waals surface area contributed by atoms with E-state index >= 15 is 0 Å². The second-order valence-corrected chi connectivity index (χ2v) is 6.08. The smallest absolute Gasteiger partial charge is 0.0569 e. The zero-order valence-corrected chi connectivity index (χ0v) is 11.3. The number of hydrogen-bond acceptors (Lipinski definition) is 0. The van der Waals surface area contributed by atoms with Crippen LogP contribution in [0.5, 0.6) is 0 Å². The second-order valence-electron chi connectivity index (χ2n) is 3.16. The molecule has 0 atom stereocenters. The third-order valence-electron chi connectivity index (χ3n) is 1.91. The lowest BCUT2D eigenvalue weighted by Crippen LogP contribution is -3.00. The molecule has 70 valence electrons. The molecular weight excluding hydrogens is 266 g/mol. The van der Waals surface area contributed by atoms with Crippen LogP contribution in [0.4, 0.5) is 0 Å².